The molecule has 0 aliphatic rings. The number of ether oxygens (including phenoxy) is 1. The van der Waals surface area contributed by atoms with Crippen molar-refractivity contribution >= 4 is 17.4 Å². The van der Waals surface area contributed by atoms with Gasteiger partial charge in [0.05, 0.1) is 10.7 Å². The number of nitrogens with zero attached hydrogens (tertiary/aromatic N) is 3. The van der Waals surface area contributed by atoms with Crippen molar-refractivity contribution in [1.29, 1.82) is 0 Å². The molecule has 0 bridgehead atoms. The van der Waals surface area contributed by atoms with Crippen LogP contribution in [-0.4, -0.2) is 34.7 Å². The molecule has 3 heterocycles. The molecular formula is C19H20ClN5O3. The summed E-state index contributed by atoms with van der Waals surface area (Å²) >= 11 is 5.80. The first-order chi connectivity index (χ1) is 13.5. The molecule has 8 nitrogen and oxygen atoms in total. The smallest absolute Gasteiger partial charge is 0.273 e. The summed E-state index contributed by atoms with van der Waals surface area (Å²) in [6.07, 6.45) is 3.03. The zero-order valence-electron chi connectivity index (χ0n) is 15.3. The maximum absolute atomic E-state index is 12.4. The molecule has 3 aromatic rings. The molecule has 0 saturated carbocycles. The molecule has 146 valence electrons. The monoisotopic (exact) mass is 401 g/mol. The topological polar surface area (TPSA) is 106 Å². The summed E-state index contributed by atoms with van der Waals surface area (Å²) in [4.78, 5) is 33.6. The van der Waals surface area contributed by atoms with Gasteiger partial charge < -0.3 is 20.4 Å². The molecule has 3 aromatic heterocycles. The third-order valence-electron chi connectivity index (χ3n) is 4.08. The molecule has 0 spiro atoms. The standard InChI is InChI=1S/C19H20ClN5O3/c1-24(9-7-21)17-5-4-16(19(27)23-17)25-8-6-15(10-18(25)26)28-12-14-3-2-13(20)11-22-14/h2-6,8,10-11H,7,9,12,21H2,1H3,(H,23,27). The van der Waals surface area contributed by atoms with Gasteiger partial charge in [0.15, 0.2) is 0 Å². The fourth-order valence-corrected chi connectivity index (χ4v) is 2.69. The van der Waals surface area contributed by atoms with E-state index in [0.717, 1.165) is 0 Å². The second-order valence-electron chi connectivity index (χ2n) is 6.10. The van der Waals surface area contributed by atoms with Crippen molar-refractivity contribution in [3.05, 3.63) is 80.2 Å². The number of nitrogens with two attached hydrogens (primary N) is 1. The Balaban J connectivity index is 1.77. The largest absolute Gasteiger partial charge is 0.487 e. The molecule has 0 atom stereocenters. The van der Waals surface area contributed by atoms with Gasteiger partial charge in [0.2, 0.25) is 0 Å². The number of rotatable bonds is 7. The summed E-state index contributed by atoms with van der Waals surface area (Å²) < 4.78 is 6.85. The lowest BCUT2D eigenvalue weighted by molar-refractivity contribution is 0.300. The van der Waals surface area contributed by atoms with Gasteiger partial charge in [0.1, 0.15) is 23.9 Å². The first-order valence-electron chi connectivity index (χ1n) is 8.59. The molecule has 0 aromatic carbocycles. The van der Waals surface area contributed by atoms with Gasteiger partial charge >= 0.3 is 0 Å². The number of anilines is 1. The number of hydrogen-bond acceptors (Lipinski definition) is 6. The van der Waals surface area contributed by atoms with E-state index in [-0.39, 0.29) is 23.4 Å². The van der Waals surface area contributed by atoms with E-state index >= 15 is 0 Å². The molecule has 0 saturated heterocycles. The highest BCUT2D eigenvalue weighted by Crippen LogP contribution is 2.13. The van der Waals surface area contributed by atoms with Gasteiger partial charge in [0, 0.05) is 38.6 Å². The Labute approximate surface area is 166 Å². The van der Waals surface area contributed by atoms with Crippen LogP contribution in [0.25, 0.3) is 5.69 Å². The van der Waals surface area contributed by atoms with Crippen LogP contribution in [0.1, 0.15) is 5.69 Å². The summed E-state index contributed by atoms with van der Waals surface area (Å²) in [7, 11) is 1.83. The maximum Gasteiger partial charge on any atom is 0.273 e. The number of H-pyrrole nitrogens is 1. The average molecular weight is 402 g/mol. The molecule has 0 unspecified atom stereocenters. The van der Waals surface area contributed by atoms with Crippen molar-refractivity contribution < 1.29 is 4.74 Å². The Kier molecular flexibility index (Phi) is 6.13. The third-order valence-corrected chi connectivity index (χ3v) is 4.30. The number of aromatic nitrogens is 3. The van der Waals surface area contributed by atoms with E-state index in [0.29, 0.717) is 35.4 Å². The minimum absolute atomic E-state index is 0.198. The van der Waals surface area contributed by atoms with Gasteiger partial charge in [-0.2, -0.15) is 0 Å². The molecule has 9 heteroatoms. The van der Waals surface area contributed by atoms with Crippen LogP contribution < -0.4 is 26.5 Å². The second-order valence-corrected chi connectivity index (χ2v) is 6.53. The number of halogens is 1. The van der Waals surface area contributed by atoms with Crippen molar-refractivity contribution in [1.82, 2.24) is 14.5 Å². The molecule has 0 fully saturated rings. The molecule has 0 aliphatic carbocycles. The summed E-state index contributed by atoms with van der Waals surface area (Å²) in [5, 5.41) is 0.539. The first kappa shape index (κ1) is 19.7. The van der Waals surface area contributed by atoms with Crippen LogP contribution in [0.4, 0.5) is 5.82 Å². The van der Waals surface area contributed by atoms with Crippen molar-refractivity contribution in [3.63, 3.8) is 0 Å². The van der Waals surface area contributed by atoms with Gasteiger partial charge in [-0.3, -0.25) is 19.1 Å². The van der Waals surface area contributed by atoms with Gasteiger partial charge in [-0.15, -0.1) is 0 Å². The lowest BCUT2D eigenvalue weighted by Crippen LogP contribution is -2.29. The molecule has 0 radical (unpaired) electrons. The van der Waals surface area contributed by atoms with Crippen LogP contribution in [0.5, 0.6) is 5.75 Å². The van der Waals surface area contributed by atoms with Crippen LogP contribution in [0, 0.1) is 0 Å². The predicted octanol–water partition coefficient (Wildman–Crippen LogP) is 1.55. The van der Waals surface area contributed by atoms with Crippen molar-refractivity contribution in [2.45, 2.75) is 6.61 Å². The van der Waals surface area contributed by atoms with Gasteiger partial charge in [-0.25, -0.2) is 0 Å². The minimum Gasteiger partial charge on any atom is -0.487 e. The Morgan fingerprint density at radius 2 is 2.07 bits per heavy atom. The molecule has 28 heavy (non-hydrogen) atoms. The Bertz CT molecular complexity index is 1060. The summed E-state index contributed by atoms with van der Waals surface area (Å²) in [6, 6.07) is 9.73. The van der Waals surface area contributed by atoms with Crippen LogP contribution >= 0.6 is 11.6 Å². The Morgan fingerprint density at radius 1 is 1.25 bits per heavy atom. The molecular weight excluding hydrogens is 382 g/mol. The van der Waals surface area contributed by atoms with Crippen LogP contribution in [-0.2, 0) is 6.61 Å². The van der Waals surface area contributed by atoms with E-state index in [1.54, 1.807) is 30.3 Å². The SMILES string of the molecule is CN(CCN)c1ccc(-n2ccc(OCc3ccc(Cl)cn3)cc2=O)c(=O)[nH]1. The fraction of sp³-hybridized carbons (Fsp3) is 0.211. The second kappa shape index (κ2) is 8.73. The summed E-state index contributed by atoms with van der Waals surface area (Å²) in [6.45, 7) is 1.26. The Morgan fingerprint density at radius 3 is 2.71 bits per heavy atom. The zero-order chi connectivity index (χ0) is 20.1. The van der Waals surface area contributed by atoms with Crippen molar-refractivity contribution in [3.8, 4) is 11.4 Å². The normalized spacial score (nSPS) is 10.7. The number of nitrogens with one attached hydrogen (secondary N) is 1. The summed E-state index contributed by atoms with van der Waals surface area (Å²) in [5.74, 6) is 1.01. The van der Waals surface area contributed by atoms with E-state index in [9.17, 15) is 9.59 Å². The van der Waals surface area contributed by atoms with Crippen molar-refractivity contribution in [2.24, 2.45) is 5.73 Å². The highest BCUT2D eigenvalue weighted by atomic mass is 35.5. The van der Waals surface area contributed by atoms with E-state index < -0.39 is 0 Å². The van der Waals surface area contributed by atoms with Crippen LogP contribution in [0.2, 0.25) is 5.02 Å². The fourth-order valence-electron chi connectivity index (χ4n) is 2.58. The van der Waals surface area contributed by atoms with E-state index in [2.05, 4.69) is 9.97 Å². The third kappa shape index (κ3) is 4.59. The Hall–Kier alpha value is -3.10. The number of likely N-dealkylation sites (N-methyl/N-ethyl adjacent to an activating group) is 1. The first-order valence-corrected chi connectivity index (χ1v) is 8.96. The predicted molar refractivity (Wildman–Crippen MR) is 109 cm³/mol. The molecule has 3 N–H and O–H groups in total. The lowest BCUT2D eigenvalue weighted by atomic mass is 10.3. The summed E-state index contributed by atoms with van der Waals surface area (Å²) in [5.41, 5.74) is 5.68. The molecule has 0 amide bonds. The van der Waals surface area contributed by atoms with Crippen LogP contribution in [0.15, 0.2) is 58.4 Å². The average Bonchev–Trinajstić information content (AvgIpc) is 2.68. The maximum atomic E-state index is 12.4. The molecule has 0 aliphatic heterocycles. The molecule has 3 rings (SSSR count). The number of aromatic amines is 1. The number of pyridine rings is 3. The van der Waals surface area contributed by atoms with E-state index in [4.69, 9.17) is 22.1 Å². The number of hydrogen-bond donors (Lipinski definition) is 2. The van der Waals surface area contributed by atoms with Gasteiger partial charge in [-0.05, 0) is 30.3 Å². The lowest BCUT2D eigenvalue weighted by Gasteiger charge is -2.18. The van der Waals surface area contributed by atoms with Gasteiger partial charge in [0.25, 0.3) is 11.1 Å². The highest BCUT2D eigenvalue weighted by Gasteiger charge is 2.09. The van der Waals surface area contributed by atoms with Crippen molar-refractivity contribution in [2.75, 3.05) is 25.0 Å². The quantitative estimate of drug-likeness (QED) is 0.622. The van der Waals surface area contributed by atoms with E-state index in [1.807, 2.05) is 11.9 Å². The highest BCUT2D eigenvalue weighted by molar-refractivity contribution is 6.30. The minimum atomic E-state index is -0.380. The van der Waals surface area contributed by atoms with Gasteiger partial charge in [-0.1, -0.05) is 11.6 Å². The van der Waals surface area contributed by atoms with E-state index in [1.165, 1.54) is 23.0 Å². The van der Waals surface area contributed by atoms with Crippen LogP contribution in [0.3, 0.4) is 0 Å². The zero-order valence-corrected chi connectivity index (χ0v) is 16.0.